The Kier molecular flexibility index (Phi) is 7.32. The molecule has 6 heteroatoms. The monoisotopic (exact) mass is 389 g/mol. The van der Waals surface area contributed by atoms with Crippen molar-refractivity contribution in [2.24, 2.45) is 5.92 Å². The van der Waals surface area contributed by atoms with E-state index >= 15 is 0 Å². The summed E-state index contributed by atoms with van der Waals surface area (Å²) in [5.41, 5.74) is -0.564. The second-order valence-electron chi connectivity index (χ2n) is 6.86. The third-order valence-corrected chi connectivity index (χ3v) is 3.30. The van der Waals surface area contributed by atoms with E-state index in [0.717, 1.165) is 0 Å². The second kappa shape index (κ2) is 8.52. The molecule has 130 valence electrons. The van der Waals surface area contributed by atoms with Gasteiger partial charge in [0.05, 0.1) is 6.04 Å². The predicted molar refractivity (Wildman–Crippen MR) is 92.2 cm³/mol. The third-order valence-electron chi connectivity index (χ3n) is 2.81. The Morgan fingerprint density at radius 2 is 2.00 bits per heavy atom. The summed E-state index contributed by atoms with van der Waals surface area (Å²) in [6, 6.07) is 4.35. The van der Waals surface area contributed by atoms with Crippen LogP contribution >= 0.6 is 15.9 Å². The van der Waals surface area contributed by atoms with E-state index in [0.29, 0.717) is 16.8 Å². The number of halogens is 2. The minimum atomic E-state index is -0.564. The molecule has 0 aliphatic rings. The van der Waals surface area contributed by atoms with Gasteiger partial charge in [-0.25, -0.2) is 9.18 Å². The highest BCUT2D eigenvalue weighted by Gasteiger charge is 2.21. The lowest BCUT2D eigenvalue weighted by molar-refractivity contribution is 0.0479. The lowest BCUT2D eigenvalue weighted by Gasteiger charge is -2.24. The molecule has 0 aliphatic heterocycles. The molecule has 0 aliphatic carbocycles. The van der Waals surface area contributed by atoms with Gasteiger partial charge in [-0.3, -0.25) is 0 Å². The standard InChI is InChI=1S/C17H25BrFNO3/c1-11(2)8-13(20-16(21)23-17(3,4)5)10-22-15-7-6-12(18)9-14(15)19/h6-7,9,11,13H,8,10H2,1-5H3,(H,20,21). The van der Waals surface area contributed by atoms with Gasteiger partial charge in [0.15, 0.2) is 11.6 Å². The first-order chi connectivity index (χ1) is 10.6. The Labute approximate surface area is 145 Å². The van der Waals surface area contributed by atoms with Crippen LogP contribution in [0.25, 0.3) is 0 Å². The average molecular weight is 390 g/mol. The molecule has 0 bridgehead atoms. The molecule has 0 aromatic heterocycles. The largest absolute Gasteiger partial charge is 0.488 e. The highest BCUT2D eigenvalue weighted by molar-refractivity contribution is 9.10. The van der Waals surface area contributed by atoms with E-state index < -0.39 is 17.5 Å². The topological polar surface area (TPSA) is 47.6 Å². The van der Waals surface area contributed by atoms with E-state index in [-0.39, 0.29) is 18.4 Å². The molecule has 1 aromatic carbocycles. The Bertz CT molecular complexity index is 529. The van der Waals surface area contributed by atoms with Crippen LogP contribution in [-0.2, 0) is 4.74 Å². The van der Waals surface area contributed by atoms with Crippen molar-refractivity contribution >= 4 is 22.0 Å². The van der Waals surface area contributed by atoms with Gasteiger partial charge in [-0.2, -0.15) is 0 Å². The maximum Gasteiger partial charge on any atom is 0.407 e. The minimum Gasteiger partial charge on any atom is -0.488 e. The fourth-order valence-electron chi connectivity index (χ4n) is 1.99. The van der Waals surface area contributed by atoms with Crippen molar-refractivity contribution < 1.29 is 18.7 Å². The smallest absolute Gasteiger partial charge is 0.407 e. The fourth-order valence-corrected chi connectivity index (χ4v) is 2.33. The predicted octanol–water partition coefficient (Wildman–Crippen LogP) is 4.91. The summed E-state index contributed by atoms with van der Waals surface area (Å²) in [5, 5.41) is 2.79. The lowest BCUT2D eigenvalue weighted by atomic mass is 10.0. The van der Waals surface area contributed by atoms with E-state index in [1.165, 1.54) is 6.07 Å². The molecule has 0 heterocycles. The molecule has 0 saturated carbocycles. The van der Waals surface area contributed by atoms with Crippen LogP contribution in [0.3, 0.4) is 0 Å². The van der Waals surface area contributed by atoms with E-state index in [2.05, 4.69) is 21.2 Å². The summed E-state index contributed by atoms with van der Waals surface area (Å²) in [6.07, 6.45) is 0.209. The zero-order chi connectivity index (χ0) is 17.6. The first kappa shape index (κ1) is 19.7. The fraction of sp³-hybridized carbons (Fsp3) is 0.588. The summed E-state index contributed by atoms with van der Waals surface area (Å²) in [4.78, 5) is 11.9. The number of hydrogen-bond donors (Lipinski definition) is 1. The number of carbonyl (C=O) groups excluding carboxylic acids is 1. The van der Waals surface area contributed by atoms with E-state index in [9.17, 15) is 9.18 Å². The second-order valence-corrected chi connectivity index (χ2v) is 7.77. The Morgan fingerprint density at radius 3 is 2.52 bits per heavy atom. The quantitative estimate of drug-likeness (QED) is 0.751. The zero-order valence-corrected chi connectivity index (χ0v) is 15.9. The number of benzene rings is 1. The number of rotatable bonds is 6. The van der Waals surface area contributed by atoms with Gasteiger partial charge >= 0.3 is 6.09 Å². The Balaban J connectivity index is 2.65. The molecule has 1 rings (SSSR count). The number of ether oxygens (including phenoxy) is 2. The molecule has 23 heavy (non-hydrogen) atoms. The summed E-state index contributed by atoms with van der Waals surface area (Å²) in [6.45, 7) is 9.68. The molecule has 1 atom stereocenters. The van der Waals surface area contributed by atoms with Crippen molar-refractivity contribution in [2.45, 2.75) is 52.7 Å². The molecule has 0 saturated heterocycles. The molecule has 0 fully saturated rings. The Morgan fingerprint density at radius 1 is 1.35 bits per heavy atom. The van der Waals surface area contributed by atoms with Gasteiger partial charge in [0.2, 0.25) is 0 Å². The van der Waals surface area contributed by atoms with Gasteiger partial charge in [0.1, 0.15) is 12.2 Å². The SMILES string of the molecule is CC(C)CC(COc1ccc(Br)cc1F)NC(=O)OC(C)(C)C. The first-order valence-electron chi connectivity index (χ1n) is 7.64. The van der Waals surface area contributed by atoms with Crippen LogP contribution in [0.1, 0.15) is 41.0 Å². The number of nitrogens with one attached hydrogen (secondary N) is 1. The molecular formula is C17H25BrFNO3. The summed E-state index contributed by atoms with van der Waals surface area (Å²) < 4.78 is 25.2. The first-order valence-corrected chi connectivity index (χ1v) is 8.43. The average Bonchev–Trinajstić information content (AvgIpc) is 2.34. The molecule has 1 N–H and O–H groups in total. The van der Waals surface area contributed by atoms with E-state index in [1.54, 1.807) is 32.9 Å². The molecule has 4 nitrogen and oxygen atoms in total. The highest BCUT2D eigenvalue weighted by Crippen LogP contribution is 2.22. The molecule has 1 aromatic rings. The van der Waals surface area contributed by atoms with Crippen molar-refractivity contribution in [1.29, 1.82) is 0 Å². The third kappa shape index (κ3) is 8.21. The summed E-state index contributed by atoms with van der Waals surface area (Å²) in [5.74, 6) is 0.0705. The van der Waals surface area contributed by atoms with E-state index in [1.807, 2.05) is 13.8 Å². The van der Waals surface area contributed by atoms with Gasteiger partial charge in [-0.15, -0.1) is 0 Å². The molecule has 1 amide bonds. The van der Waals surface area contributed by atoms with Gasteiger partial charge < -0.3 is 14.8 Å². The van der Waals surface area contributed by atoms with Crippen LogP contribution in [0.4, 0.5) is 9.18 Å². The maximum atomic E-state index is 13.8. The van der Waals surface area contributed by atoms with Crippen molar-refractivity contribution in [3.63, 3.8) is 0 Å². The molecule has 0 spiro atoms. The number of carbonyl (C=O) groups is 1. The van der Waals surface area contributed by atoms with Crippen molar-refractivity contribution in [1.82, 2.24) is 5.32 Å². The van der Waals surface area contributed by atoms with Crippen LogP contribution in [0.15, 0.2) is 22.7 Å². The minimum absolute atomic E-state index is 0.160. The zero-order valence-electron chi connectivity index (χ0n) is 14.3. The molecule has 0 radical (unpaired) electrons. The van der Waals surface area contributed by atoms with Gasteiger partial charge in [0, 0.05) is 4.47 Å². The number of amides is 1. The van der Waals surface area contributed by atoms with Crippen molar-refractivity contribution in [3.8, 4) is 5.75 Å². The van der Waals surface area contributed by atoms with Crippen molar-refractivity contribution in [3.05, 3.63) is 28.5 Å². The van der Waals surface area contributed by atoms with Gasteiger partial charge in [-0.1, -0.05) is 29.8 Å². The van der Waals surface area contributed by atoms with Crippen LogP contribution in [0, 0.1) is 11.7 Å². The molecule has 1 unspecified atom stereocenters. The van der Waals surface area contributed by atoms with Gasteiger partial charge in [0.25, 0.3) is 0 Å². The molecular weight excluding hydrogens is 365 g/mol. The summed E-state index contributed by atoms with van der Waals surface area (Å²) in [7, 11) is 0. The van der Waals surface area contributed by atoms with Gasteiger partial charge in [-0.05, 0) is 51.3 Å². The normalized spacial score (nSPS) is 12.9. The number of alkyl carbamates (subject to hydrolysis) is 1. The van der Waals surface area contributed by atoms with Crippen LogP contribution in [0.2, 0.25) is 0 Å². The van der Waals surface area contributed by atoms with Crippen LogP contribution < -0.4 is 10.1 Å². The number of hydrogen-bond acceptors (Lipinski definition) is 3. The van der Waals surface area contributed by atoms with E-state index in [4.69, 9.17) is 9.47 Å². The van der Waals surface area contributed by atoms with Crippen LogP contribution in [0.5, 0.6) is 5.75 Å². The summed E-state index contributed by atoms with van der Waals surface area (Å²) >= 11 is 3.20. The lowest BCUT2D eigenvalue weighted by Crippen LogP contribution is -2.42. The Hall–Kier alpha value is -1.30. The van der Waals surface area contributed by atoms with Crippen LogP contribution in [-0.4, -0.2) is 24.3 Å². The highest BCUT2D eigenvalue weighted by atomic mass is 79.9. The van der Waals surface area contributed by atoms with Crippen molar-refractivity contribution in [2.75, 3.05) is 6.61 Å². The maximum absolute atomic E-state index is 13.8.